The first-order chi connectivity index (χ1) is 5.27. The van der Waals surface area contributed by atoms with E-state index >= 15 is 0 Å². The Labute approximate surface area is 65.7 Å². The standard InChI is InChI=1S/C7H13N3O/c8-10-2-1-5-3-9-7(11)6(5)4-10/h5-6H,1-4,8H2,(H,9,11). The van der Waals surface area contributed by atoms with Gasteiger partial charge in [0.25, 0.3) is 0 Å². The van der Waals surface area contributed by atoms with Crippen molar-refractivity contribution in [1.29, 1.82) is 0 Å². The number of fused-ring (bicyclic) bond motifs is 1. The Hall–Kier alpha value is -0.610. The SMILES string of the molecule is NN1CCC2CNC(=O)C2C1. The number of hydrazine groups is 1. The van der Waals surface area contributed by atoms with E-state index in [0.29, 0.717) is 5.92 Å². The van der Waals surface area contributed by atoms with Gasteiger partial charge in [-0.25, -0.2) is 5.01 Å². The van der Waals surface area contributed by atoms with E-state index in [-0.39, 0.29) is 11.8 Å². The van der Waals surface area contributed by atoms with Crippen LogP contribution in [0.15, 0.2) is 0 Å². The van der Waals surface area contributed by atoms with Gasteiger partial charge in [0, 0.05) is 19.6 Å². The van der Waals surface area contributed by atoms with Crippen molar-refractivity contribution in [3.63, 3.8) is 0 Å². The molecule has 1 amide bonds. The van der Waals surface area contributed by atoms with Gasteiger partial charge in [0.15, 0.2) is 0 Å². The second kappa shape index (κ2) is 2.46. The molecule has 2 fully saturated rings. The number of piperidine rings is 1. The van der Waals surface area contributed by atoms with Gasteiger partial charge in [-0.1, -0.05) is 0 Å². The molecule has 62 valence electrons. The van der Waals surface area contributed by atoms with Crippen LogP contribution in [0.3, 0.4) is 0 Å². The zero-order chi connectivity index (χ0) is 7.84. The van der Waals surface area contributed by atoms with E-state index in [0.717, 1.165) is 26.1 Å². The van der Waals surface area contributed by atoms with Crippen molar-refractivity contribution in [1.82, 2.24) is 10.3 Å². The van der Waals surface area contributed by atoms with Crippen molar-refractivity contribution in [3.8, 4) is 0 Å². The van der Waals surface area contributed by atoms with Crippen LogP contribution in [0.4, 0.5) is 0 Å². The molecule has 4 nitrogen and oxygen atoms in total. The molecule has 2 saturated heterocycles. The second-order valence-corrected chi connectivity index (χ2v) is 3.40. The van der Waals surface area contributed by atoms with Gasteiger partial charge in [-0.15, -0.1) is 0 Å². The van der Waals surface area contributed by atoms with E-state index < -0.39 is 0 Å². The molecule has 2 heterocycles. The van der Waals surface area contributed by atoms with Crippen LogP contribution >= 0.6 is 0 Å². The number of hydrogen-bond acceptors (Lipinski definition) is 3. The zero-order valence-corrected chi connectivity index (χ0v) is 6.42. The van der Waals surface area contributed by atoms with Crippen LogP contribution in [-0.2, 0) is 4.79 Å². The van der Waals surface area contributed by atoms with E-state index in [1.54, 1.807) is 5.01 Å². The highest BCUT2D eigenvalue weighted by Gasteiger charge is 2.37. The molecule has 0 aromatic carbocycles. The molecule has 2 atom stereocenters. The van der Waals surface area contributed by atoms with Crippen molar-refractivity contribution < 1.29 is 4.79 Å². The Kier molecular flexibility index (Phi) is 1.58. The fraction of sp³-hybridized carbons (Fsp3) is 0.857. The number of hydrogen-bond donors (Lipinski definition) is 2. The highest BCUT2D eigenvalue weighted by molar-refractivity contribution is 5.81. The summed E-state index contributed by atoms with van der Waals surface area (Å²) in [6.45, 7) is 2.52. The number of carbonyl (C=O) groups excluding carboxylic acids is 1. The first-order valence-electron chi connectivity index (χ1n) is 4.05. The summed E-state index contributed by atoms with van der Waals surface area (Å²) in [7, 11) is 0. The summed E-state index contributed by atoms with van der Waals surface area (Å²) < 4.78 is 0. The lowest BCUT2D eigenvalue weighted by Gasteiger charge is -2.29. The number of nitrogens with zero attached hydrogens (tertiary/aromatic N) is 1. The van der Waals surface area contributed by atoms with Gasteiger partial charge in [-0.05, 0) is 12.3 Å². The number of amides is 1. The minimum atomic E-state index is 0.161. The summed E-state index contributed by atoms with van der Waals surface area (Å²) in [5.74, 6) is 6.50. The van der Waals surface area contributed by atoms with Crippen LogP contribution < -0.4 is 11.2 Å². The van der Waals surface area contributed by atoms with Gasteiger partial charge in [-0.2, -0.15) is 0 Å². The van der Waals surface area contributed by atoms with Crippen LogP contribution in [0, 0.1) is 11.8 Å². The third kappa shape index (κ3) is 1.12. The van der Waals surface area contributed by atoms with E-state index in [2.05, 4.69) is 5.32 Å². The minimum Gasteiger partial charge on any atom is -0.356 e. The first-order valence-corrected chi connectivity index (χ1v) is 4.05. The zero-order valence-electron chi connectivity index (χ0n) is 6.42. The average molecular weight is 155 g/mol. The Morgan fingerprint density at radius 1 is 1.64 bits per heavy atom. The molecule has 2 rings (SSSR count). The molecule has 0 aliphatic carbocycles. The monoisotopic (exact) mass is 155 g/mol. The minimum absolute atomic E-state index is 0.161. The maximum Gasteiger partial charge on any atom is 0.224 e. The first kappa shape index (κ1) is 7.06. The summed E-state index contributed by atoms with van der Waals surface area (Å²) in [4.78, 5) is 11.2. The van der Waals surface area contributed by atoms with E-state index in [9.17, 15) is 4.79 Å². The van der Waals surface area contributed by atoms with E-state index in [4.69, 9.17) is 5.84 Å². The molecule has 3 N–H and O–H groups in total. The lowest BCUT2D eigenvalue weighted by atomic mass is 9.89. The predicted molar refractivity (Wildman–Crippen MR) is 40.4 cm³/mol. The van der Waals surface area contributed by atoms with Gasteiger partial charge < -0.3 is 5.32 Å². The van der Waals surface area contributed by atoms with Crippen molar-refractivity contribution >= 4 is 5.91 Å². The summed E-state index contributed by atoms with van der Waals surface area (Å²) in [6, 6.07) is 0. The Morgan fingerprint density at radius 3 is 3.27 bits per heavy atom. The van der Waals surface area contributed by atoms with Gasteiger partial charge in [-0.3, -0.25) is 10.6 Å². The smallest absolute Gasteiger partial charge is 0.224 e. The number of carbonyl (C=O) groups is 1. The molecule has 4 heteroatoms. The highest BCUT2D eigenvalue weighted by atomic mass is 16.2. The number of rotatable bonds is 0. The van der Waals surface area contributed by atoms with Gasteiger partial charge >= 0.3 is 0 Å². The quantitative estimate of drug-likeness (QED) is 0.438. The largest absolute Gasteiger partial charge is 0.356 e. The molecule has 0 aromatic rings. The lowest BCUT2D eigenvalue weighted by molar-refractivity contribution is -0.124. The molecular formula is C7H13N3O. The number of nitrogens with one attached hydrogen (secondary N) is 1. The normalized spacial score (nSPS) is 38.5. The molecule has 2 aliphatic heterocycles. The second-order valence-electron chi connectivity index (χ2n) is 3.40. The van der Waals surface area contributed by atoms with Crippen molar-refractivity contribution in [2.45, 2.75) is 6.42 Å². The molecule has 0 spiro atoms. The average Bonchev–Trinajstić information content (AvgIpc) is 2.33. The molecule has 11 heavy (non-hydrogen) atoms. The predicted octanol–water partition coefficient (Wildman–Crippen LogP) is -1.07. The van der Waals surface area contributed by atoms with Crippen molar-refractivity contribution in [2.24, 2.45) is 17.7 Å². The molecule has 0 aromatic heterocycles. The molecule has 2 aliphatic rings. The third-order valence-electron chi connectivity index (χ3n) is 2.66. The van der Waals surface area contributed by atoms with Crippen LogP contribution in [-0.4, -0.2) is 30.6 Å². The maximum atomic E-state index is 11.2. The van der Waals surface area contributed by atoms with Crippen LogP contribution in [0.25, 0.3) is 0 Å². The van der Waals surface area contributed by atoms with Crippen LogP contribution in [0.5, 0.6) is 0 Å². The Bertz CT molecular complexity index is 183. The Balaban J connectivity index is 2.07. The molecule has 0 saturated carbocycles. The van der Waals surface area contributed by atoms with Gasteiger partial charge in [0.2, 0.25) is 5.91 Å². The fourth-order valence-electron chi connectivity index (χ4n) is 1.93. The summed E-state index contributed by atoms with van der Waals surface area (Å²) in [5.41, 5.74) is 0. The summed E-state index contributed by atoms with van der Waals surface area (Å²) in [5, 5.41) is 4.60. The number of nitrogens with two attached hydrogens (primary N) is 1. The highest BCUT2D eigenvalue weighted by Crippen LogP contribution is 2.25. The Morgan fingerprint density at radius 2 is 2.45 bits per heavy atom. The third-order valence-corrected chi connectivity index (χ3v) is 2.66. The lowest BCUT2D eigenvalue weighted by Crippen LogP contribution is -2.45. The summed E-state index contributed by atoms with van der Waals surface area (Å²) in [6.07, 6.45) is 1.06. The van der Waals surface area contributed by atoms with Gasteiger partial charge in [0.05, 0.1) is 5.92 Å². The van der Waals surface area contributed by atoms with Crippen LogP contribution in [0.1, 0.15) is 6.42 Å². The maximum absolute atomic E-state index is 11.2. The summed E-state index contributed by atoms with van der Waals surface area (Å²) >= 11 is 0. The van der Waals surface area contributed by atoms with Crippen molar-refractivity contribution in [2.75, 3.05) is 19.6 Å². The van der Waals surface area contributed by atoms with E-state index in [1.165, 1.54) is 0 Å². The molecule has 0 radical (unpaired) electrons. The fourth-order valence-corrected chi connectivity index (χ4v) is 1.93. The molecular weight excluding hydrogens is 142 g/mol. The van der Waals surface area contributed by atoms with Gasteiger partial charge in [0.1, 0.15) is 0 Å². The van der Waals surface area contributed by atoms with E-state index in [1.807, 2.05) is 0 Å². The van der Waals surface area contributed by atoms with Crippen molar-refractivity contribution in [3.05, 3.63) is 0 Å². The topological polar surface area (TPSA) is 58.4 Å². The molecule has 2 unspecified atom stereocenters. The molecule has 0 bridgehead atoms. The van der Waals surface area contributed by atoms with Crippen LogP contribution in [0.2, 0.25) is 0 Å².